The number of aromatic nitrogens is 2. The lowest BCUT2D eigenvalue weighted by molar-refractivity contribution is -0.140. The fourth-order valence-electron chi connectivity index (χ4n) is 2.66. The molecule has 0 aliphatic rings. The summed E-state index contributed by atoms with van der Waals surface area (Å²) in [5.41, 5.74) is 1.53. The molecule has 0 saturated heterocycles. The second-order valence-corrected chi connectivity index (χ2v) is 6.19. The fourth-order valence-corrected chi connectivity index (χ4v) is 2.66. The van der Waals surface area contributed by atoms with E-state index >= 15 is 0 Å². The van der Waals surface area contributed by atoms with Gasteiger partial charge >= 0.3 is 5.97 Å². The van der Waals surface area contributed by atoms with Crippen LogP contribution in [0, 0.1) is 6.92 Å². The molecule has 8 nitrogen and oxygen atoms in total. The van der Waals surface area contributed by atoms with E-state index in [4.69, 9.17) is 9.84 Å². The van der Waals surface area contributed by atoms with Gasteiger partial charge in [-0.05, 0) is 35.9 Å². The molecular weight excluding hydrogens is 398 g/mol. The Labute approximate surface area is 173 Å². The number of aliphatic carboxylic acids is 1. The van der Waals surface area contributed by atoms with E-state index in [1.54, 1.807) is 18.2 Å². The van der Waals surface area contributed by atoms with Crippen molar-refractivity contribution in [1.29, 1.82) is 0 Å². The molecule has 0 fully saturated rings. The van der Waals surface area contributed by atoms with Gasteiger partial charge in [0, 0.05) is 17.3 Å². The highest BCUT2D eigenvalue weighted by Crippen LogP contribution is 2.26. The van der Waals surface area contributed by atoms with Crippen LogP contribution < -0.4 is 10.1 Å². The SMILES string of the molecule is Cc1cc(OCCNC(=O)CC(=O)O)nc(-c2ccc3cc(O)ccc3c2)n1.Cl. The Morgan fingerprint density at radius 1 is 1.07 bits per heavy atom. The quantitative estimate of drug-likeness (QED) is 0.399. The van der Waals surface area contributed by atoms with Crippen LogP contribution in [0.2, 0.25) is 0 Å². The first-order chi connectivity index (χ1) is 13.4. The molecule has 0 atom stereocenters. The highest BCUT2D eigenvalue weighted by atomic mass is 35.5. The molecule has 2 aromatic carbocycles. The predicted octanol–water partition coefficient (Wildman–Crippen LogP) is 2.70. The number of carboxylic acid groups (broad SMARTS) is 1. The number of hydrogen-bond donors (Lipinski definition) is 3. The van der Waals surface area contributed by atoms with Gasteiger partial charge in [-0.1, -0.05) is 18.2 Å². The van der Waals surface area contributed by atoms with Crippen LogP contribution in [0.5, 0.6) is 11.6 Å². The minimum atomic E-state index is -1.18. The van der Waals surface area contributed by atoms with E-state index in [2.05, 4.69) is 15.3 Å². The van der Waals surface area contributed by atoms with E-state index in [-0.39, 0.29) is 31.3 Å². The van der Waals surface area contributed by atoms with Crippen LogP contribution in [0.15, 0.2) is 42.5 Å². The van der Waals surface area contributed by atoms with Gasteiger partial charge in [0.2, 0.25) is 11.8 Å². The number of halogens is 1. The van der Waals surface area contributed by atoms with Crippen molar-refractivity contribution in [2.45, 2.75) is 13.3 Å². The molecule has 0 bridgehead atoms. The average Bonchev–Trinajstić information content (AvgIpc) is 2.64. The summed E-state index contributed by atoms with van der Waals surface area (Å²) in [4.78, 5) is 30.6. The number of amides is 1. The normalized spacial score (nSPS) is 10.2. The maximum atomic E-state index is 11.3. The van der Waals surface area contributed by atoms with Crippen molar-refractivity contribution in [3.63, 3.8) is 0 Å². The first kappa shape index (κ1) is 21.9. The van der Waals surface area contributed by atoms with Crippen LogP contribution in [-0.2, 0) is 9.59 Å². The van der Waals surface area contributed by atoms with Gasteiger partial charge in [0.15, 0.2) is 5.82 Å². The molecule has 29 heavy (non-hydrogen) atoms. The molecule has 0 spiro atoms. The summed E-state index contributed by atoms with van der Waals surface area (Å²) in [5.74, 6) is -0.684. The van der Waals surface area contributed by atoms with E-state index < -0.39 is 18.3 Å². The Kier molecular flexibility index (Phi) is 7.33. The third-order valence-electron chi connectivity index (χ3n) is 3.90. The van der Waals surface area contributed by atoms with E-state index in [0.29, 0.717) is 11.7 Å². The molecule has 3 rings (SSSR count). The van der Waals surface area contributed by atoms with Crippen molar-refractivity contribution in [3.8, 4) is 23.0 Å². The zero-order valence-electron chi connectivity index (χ0n) is 15.6. The number of rotatable bonds is 7. The van der Waals surface area contributed by atoms with Gasteiger partial charge in [0.1, 0.15) is 18.8 Å². The summed E-state index contributed by atoms with van der Waals surface area (Å²) < 4.78 is 5.56. The number of aryl methyl sites for hydroxylation is 1. The minimum Gasteiger partial charge on any atom is -0.508 e. The minimum absolute atomic E-state index is 0. The number of hydrogen-bond acceptors (Lipinski definition) is 6. The van der Waals surface area contributed by atoms with Crippen LogP contribution in [0.1, 0.15) is 12.1 Å². The third kappa shape index (κ3) is 6.05. The number of ether oxygens (including phenoxy) is 1. The van der Waals surface area contributed by atoms with Crippen LogP contribution in [-0.4, -0.2) is 45.2 Å². The maximum Gasteiger partial charge on any atom is 0.312 e. The first-order valence-corrected chi connectivity index (χ1v) is 8.61. The predicted molar refractivity (Wildman–Crippen MR) is 109 cm³/mol. The van der Waals surface area contributed by atoms with Crippen molar-refractivity contribution in [1.82, 2.24) is 15.3 Å². The number of carbonyl (C=O) groups is 2. The average molecular weight is 418 g/mol. The van der Waals surface area contributed by atoms with Crippen LogP contribution >= 0.6 is 12.4 Å². The van der Waals surface area contributed by atoms with Gasteiger partial charge in [-0.25, -0.2) is 4.98 Å². The monoisotopic (exact) mass is 417 g/mol. The molecule has 0 aliphatic heterocycles. The number of fused-ring (bicyclic) bond motifs is 1. The third-order valence-corrected chi connectivity index (χ3v) is 3.90. The standard InChI is InChI=1S/C20H19N3O5.ClH/c1-12-8-18(28-7-6-21-17(25)11-19(26)27)23-20(22-12)15-3-2-14-10-16(24)5-4-13(14)9-15;/h2-5,8-10,24H,6-7,11H2,1H3,(H,21,25)(H,26,27);1H. The van der Waals surface area contributed by atoms with Crippen LogP contribution in [0.3, 0.4) is 0 Å². The van der Waals surface area contributed by atoms with Gasteiger partial charge < -0.3 is 20.3 Å². The molecule has 3 N–H and O–H groups in total. The van der Waals surface area contributed by atoms with Crippen molar-refractivity contribution in [2.24, 2.45) is 0 Å². The fraction of sp³-hybridized carbons (Fsp3) is 0.200. The lowest BCUT2D eigenvalue weighted by Gasteiger charge is -2.09. The zero-order valence-corrected chi connectivity index (χ0v) is 16.4. The topological polar surface area (TPSA) is 122 Å². The lowest BCUT2D eigenvalue weighted by atomic mass is 10.1. The van der Waals surface area contributed by atoms with Gasteiger partial charge in [-0.2, -0.15) is 4.98 Å². The van der Waals surface area contributed by atoms with Crippen molar-refractivity contribution < 1.29 is 24.5 Å². The Bertz CT molecular complexity index is 1040. The summed E-state index contributed by atoms with van der Waals surface area (Å²) in [7, 11) is 0. The zero-order chi connectivity index (χ0) is 20.1. The molecule has 0 aliphatic carbocycles. The van der Waals surface area contributed by atoms with Gasteiger partial charge in [0.25, 0.3) is 0 Å². The molecule has 1 amide bonds. The van der Waals surface area contributed by atoms with Crippen molar-refractivity contribution >= 4 is 35.1 Å². The maximum absolute atomic E-state index is 11.3. The number of nitrogens with zero attached hydrogens (tertiary/aromatic N) is 2. The largest absolute Gasteiger partial charge is 0.508 e. The summed E-state index contributed by atoms with van der Waals surface area (Å²) in [6.45, 7) is 2.15. The van der Waals surface area contributed by atoms with E-state index in [0.717, 1.165) is 22.0 Å². The molecule has 9 heteroatoms. The number of carbonyl (C=O) groups excluding carboxylic acids is 1. The Morgan fingerprint density at radius 3 is 2.55 bits per heavy atom. The van der Waals surface area contributed by atoms with Crippen molar-refractivity contribution in [3.05, 3.63) is 48.2 Å². The highest BCUT2D eigenvalue weighted by molar-refractivity contribution is 5.93. The molecule has 1 aromatic heterocycles. The van der Waals surface area contributed by atoms with Crippen LogP contribution in [0.4, 0.5) is 0 Å². The number of benzene rings is 2. The van der Waals surface area contributed by atoms with Crippen LogP contribution in [0.25, 0.3) is 22.2 Å². The highest BCUT2D eigenvalue weighted by Gasteiger charge is 2.09. The molecule has 0 unspecified atom stereocenters. The van der Waals surface area contributed by atoms with E-state index in [9.17, 15) is 14.7 Å². The van der Waals surface area contributed by atoms with Gasteiger partial charge in [0.05, 0.1) is 6.54 Å². The number of phenolic OH excluding ortho intramolecular Hbond substituents is 1. The number of aromatic hydroxyl groups is 1. The Balaban J connectivity index is 0.00000300. The molecular formula is C20H20ClN3O5. The summed E-state index contributed by atoms with van der Waals surface area (Å²) in [6.07, 6.45) is -0.573. The molecule has 0 radical (unpaired) electrons. The van der Waals surface area contributed by atoms with E-state index in [1.807, 2.05) is 31.2 Å². The second kappa shape index (κ2) is 9.70. The van der Waals surface area contributed by atoms with Gasteiger partial charge in [-0.3, -0.25) is 9.59 Å². The number of carboxylic acids is 1. The first-order valence-electron chi connectivity index (χ1n) is 8.61. The number of nitrogens with one attached hydrogen (secondary N) is 1. The van der Waals surface area contributed by atoms with Crippen molar-refractivity contribution in [2.75, 3.05) is 13.2 Å². The molecule has 3 aromatic rings. The summed E-state index contributed by atoms with van der Waals surface area (Å²) >= 11 is 0. The molecule has 152 valence electrons. The number of phenols is 1. The Morgan fingerprint density at radius 2 is 1.79 bits per heavy atom. The summed E-state index contributed by atoms with van der Waals surface area (Å²) in [6, 6.07) is 12.5. The molecule has 0 saturated carbocycles. The second-order valence-electron chi connectivity index (χ2n) is 6.19. The van der Waals surface area contributed by atoms with Gasteiger partial charge in [-0.15, -0.1) is 12.4 Å². The van der Waals surface area contributed by atoms with E-state index in [1.165, 1.54) is 0 Å². The lowest BCUT2D eigenvalue weighted by Crippen LogP contribution is -2.29. The smallest absolute Gasteiger partial charge is 0.312 e. The molecule has 1 heterocycles. The Hall–Kier alpha value is -3.39. The summed E-state index contributed by atoms with van der Waals surface area (Å²) in [5, 5.41) is 22.4.